The summed E-state index contributed by atoms with van der Waals surface area (Å²) in [5, 5.41) is 1.82. The van der Waals surface area contributed by atoms with Crippen LogP contribution in [0.1, 0.15) is 30.5 Å². The lowest BCUT2D eigenvalue weighted by Crippen LogP contribution is -2.37. The van der Waals surface area contributed by atoms with Crippen molar-refractivity contribution in [1.29, 1.82) is 0 Å². The Morgan fingerprint density at radius 1 is 0.944 bits per heavy atom. The van der Waals surface area contributed by atoms with Crippen LogP contribution in [0.25, 0.3) is 0 Å². The van der Waals surface area contributed by atoms with Gasteiger partial charge in [0.15, 0.2) is 0 Å². The van der Waals surface area contributed by atoms with E-state index in [1.807, 2.05) is 11.1 Å². The van der Waals surface area contributed by atoms with Crippen LogP contribution in [0, 0.1) is 6.92 Å². The van der Waals surface area contributed by atoms with Crippen LogP contribution in [-0.2, 0) is 5.41 Å². The second-order valence-corrected chi connectivity index (χ2v) is 5.48. The third-order valence-electron chi connectivity index (χ3n) is 3.99. The van der Waals surface area contributed by atoms with Gasteiger partial charge in [0.25, 0.3) is 0 Å². The van der Waals surface area contributed by atoms with E-state index in [0.29, 0.717) is 0 Å². The number of benzene rings is 2. The molecule has 0 aliphatic carbocycles. The van der Waals surface area contributed by atoms with Gasteiger partial charge in [0.1, 0.15) is 0 Å². The maximum atomic E-state index is 6.31. The topological polar surface area (TPSA) is 29.3 Å². The molecule has 2 N–H and O–H groups in total. The highest BCUT2D eigenvalue weighted by Gasteiger charge is 2.35. The molecule has 0 fully saturated rings. The van der Waals surface area contributed by atoms with Gasteiger partial charge in [-0.25, -0.2) is 5.84 Å². The van der Waals surface area contributed by atoms with Crippen LogP contribution >= 0.6 is 0 Å². The number of hydrogen-bond donors (Lipinski definition) is 1. The number of hydrogen-bond acceptors (Lipinski definition) is 2. The number of aryl methyl sites for hydroxylation is 1. The lowest BCUT2D eigenvalue weighted by atomic mass is 9.73. The molecule has 1 aliphatic rings. The first-order chi connectivity index (χ1) is 8.53. The average molecular weight is 238 g/mol. The Balaban J connectivity index is 2.37. The van der Waals surface area contributed by atoms with Gasteiger partial charge in [-0.15, -0.1) is 0 Å². The molecule has 2 nitrogen and oxygen atoms in total. The summed E-state index contributed by atoms with van der Waals surface area (Å²) in [6, 6.07) is 14.8. The SMILES string of the molecule is Cc1cccc2c1N(N)c1ccccc1C2(C)C. The van der Waals surface area contributed by atoms with Gasteiger partial charge in [-0.05, 0) is 29.7 Å². The minimum Gasteiger partial charge on any atom is -0.279 e. The normalized spacial score (nSPS) is 16.1. The summed E-state index contributed by atoms with van der Waals surface area (Å²) in [7, 11) is 0. The fourth-order valence-electron chi connectivity index (χ4n) is 2.96. The van der Waals surface area contributed by atoms with Gasteiger partial charge in [-0.1, -0.05) is 50.2 Å². The molecule has 0 aromatic heterocycles. The molecule has 2 aromatic carbocycles. The summed E-state index contributed by atoms with van der Waals surface area (Å²) in [5.41, 5.74) is 6.03. The number of para-hydroxylation sites is 2. The number of anilines is 2. The quantitative estimate of drug-likeness (QED) is 0.710. The molecular weight excluding hydrogens is 220 g/mol. The first-order valence-corrected chi connectivity index (χ1v) is 6.28. The number of fused-ring (bicyclic) bond motifs is 2. The van der Waals surface area contributed by atoms with Crippen molar-refractivity contribution < 1.29 is 0 Å². The van der Waals surface area contributed by atoms with Crippen LogP contribution in [0.5, 0.6) is 0 Å². The smallest absolute Gasteiger partial charge is 0.0645 e. The number of hydrazine groups is 1. The second-order valence-electron chi connectivity index (χ2n) is 5.48. The highest BCUT2D eigenvalue weighted by atomic mass is 15.4. The maximum absolute atomic E-state index is 6.31. The maximum Gasteiger partial charge on any atom is 0.0645 e. The molecule has 92 valence electrons. The third kappa shape index (κ3) is 1.33. The molecule has 0 saturated carbocycles. The molecule has 1 aliphatic heterocycles. The molecule has 0 bridgehead atoms. The van der Waals surface area contributed by atoms with E-state index in [1.54, 1.807) is 0 Å². The van der Waals surface area contributed by atoms with Crippen molar-refractivity contribution in [1.82, 2.24) is 0 Å². The van der Waals surface area contributed by atoms with Gasteiger partial charge >= 0.3 is 0 Å². The highest BCUT2D eigenvalue weighted by Crippen LogP contribution is 2.48. The molecule has 0 atom stereocenters. The largest absolute Gasteiger partial charge is 0.279 e. The Morgan fingerprint density at radius 3 is 2.39 bits per heavy atom. The zero-order valence-electron chi connectivity index (χ0n) is 11.1. The standard InChI is InChI=1S/C16H18N2/c1-11-7-6-9-13-15(11)18(17)14-10-5-4-8-12(14)16(13,2)3/h4-10H,17H2,1-3H3. The van der Waals surface area contributed by atoms with E-state index in [2.05, 4.69) is 57.2 Å². The summed E-state index contributed by atoms with van der Waals surface area (Å²) in [6.07, 6.45) is 0. The zero-order chi connectivity index (χ0) is 12.9. The molecule has 3 rings (SSSR count). The van der Waals surface area contributed by atoms with E-state index < -0.39 is 0 Å². The van der Waals surface area contributed by atoms with Crippen LogP contribution in [0.2, 0.25) is 0 Å². The van der Waals surface area contributed by atoms with Gasteiger partial charge in [0.05, 0.1) is 11.4 Å². The predicted molar refractivity (Wildman–Crippen MR) is 76.1 cm³/mol. The van der Waals surface area contributed by atoms with Gasteiger partial charge < -0.3 is 0 Å². The summed E-state index contributed by atoms with van der Waals surface area (Å²) in [4.78, 5) is 0. The van der Waals surface area contributed by atoms with Crippen molar-refractivity contribution >= 4 is 11.4 Å². The predicted octanol–water partition coefficient (Wildman–Crippen LogP) is 3.65. The van der Waals surface area contributed by atoms with E-state index in [1.165, 1.54) is 16.7 Å². The summed E-state index contributed by atoms with van der Waals surface area (Å²) in [5.74, 6) is 6.31. The van der Waals surface area contributed by atoms with E-state index in [4.69, 9.17) is 5.84 Å². The molecule has 2 aromatic rings. The Morgan fingerprint density at radius 2 is 1.61 bits per heavy atom. The molecule has 0 spiro atoms. The lowest BCUT2D eigenvalue weighted by Gasteiger charge is -2.40. The second kappa shape index (κ2) is 3.59. The highest BCUT2D eigenvalue weighted by molar-refractivity contribution is 5.78. The van der Waals surface area contributed by atoms with E-state index in [-0.39, 0.29) is 5.41 Å². The average Bonchev–Trinajstić information content (AvgIpc) is 2.36. The minimum atomic E-state index is -0.00613. The molecule has 0 radical (unpaired) electrons. The van der Waals surface area contributed by atoms with Gasteiger partial charge in [0.2, 0.25) is 0 Å². The van der Waals surface area contributed by atoms with Crippen LogP contribution in [-0.4, -0.2) is 0 Å². The molecule has 0 unspecified atom stereocenters. The van der Waals surface area contributed by atoms with Gasteiger partial charge in [-0.2, -0.15) is 0 Å². The summed E-state index contributed by atoms with van der Waals surface area (Å²) >= 11 is 0. The van der Waals surface area contributed by atoms with Crippen molar-refractivity contribution in [2.45, 2.75) is 26.2 Å². The third-order valence-corrected chi connectivity index (χ3v) is 3.99. The van der Waals surface area contributed by atoms with Crippen LogP contribution < -0.4 is 10.9 Å². The monoisotopic (exact) mass is 238 g/mol. The van der Waals surface area contributed by atoms with Gasteiger partial charge in [-0.3, -0.25) is 5.01 Å². The van der Waals surface area contributed by atoms with Crippen molar-refractivity contribution in [2.24, 2.45) is 5.84 Å². The Hall–Kier alpha value is -1.80. The van der Waals surface area contributed by atoms with E-state index >= 15 is 0 Å². The summed E-state index contributed by atoms with van der Waals surface area (Å²) < 4.78 is 0. The van der Waals surface area contributed by atoms with Crippen molar-refractivity contribution in [3.8, 4) is 0 Å². The number of rotatable bonds is 0. The minimum absolute atomic E-state index is 0.00613. The van der Waals surface area contributed by atoms with Gasteiger partial charge in [0, 0.05) is 5.41 Å². The lowest BCUT2D eigenvalue weighted by molar-refractivity contribution is 0.625. The van der Waals surface area contributed by atoms with Crippen molar-refractivity contribution in [3.63, 3.8) is 0 Å². The Bertz CT molecular complexity index is 614. The van der Waals surface area contributed by atoms with E-state index in [9.17, 15) is 0 Å². The fourth-order valence-corrected chi connectivity index (χ4v) is 2.96. The van der Waals surface area contributed by atoms with E-state index in [0.717, 1.165) is 11.4 Å². The fraction of sp³-hybridized carbons (Fsp3) is 0.250. The van der Waals surface area contributed by atoms with Crippen molar-refractivity contribution in [2.75, 3.05) is 5.01 Å². The molecule has 0 saturated heterocycles. The van der Waals surface area contributed by atoms with Crippen LogP contribution in [0.4, 0.5) is 11.4 Å². The first kappa shape index (κ1) is 11.3. The molecule has 0 amide bonds. The van der Waals surface area contributed by atoms with Crippen molar-refractivity contribution in [3.05, 3.63) is 59.2 Å². The van der Waals surface area contributed by atoms with Crippen LogP contribution in [0.3, 0.4) is 0 Å². The Kier molecular flexibility index (Phi) is 2.26. The Labute approximate surface area is 108 Å². The summed E-state index contributed by atoms with van der Waals surface area (Å²) in [6.45, 7) is 6.64. The molecule has 18 heavy (non-hydrogen) atoms. The number of nitrogens with two attached hydrogens (primary N) is 1. The molecule has 1 heterocycles. The zero-order valence-corrected chi connectivity index (χ0v) is 11.1. The van der Waals surface area contributed by atoms with Crippen LogP contribution in [0.15, 0.2) is 42.5 Å². The first-order valence-electron chi connectivity index (χ1n) is 6.28. The molecule has 2 heteroatoms. The molecular formula is C16H18N2. The number of nitrogens with zero attached hydrogens (tertiary/aromatic N) is 1.